The summed E-state index contributed by atoms with van der Waals surface area (Å²) in [6, 6.07) is 0. The summed E-state index contributed by atoms with van der Waals surface area (Å²) in [5.41, 5.74) is -1.43. The lowest BCUT2D eigenvalue weighted by Gasteiger charge is -2.34. The lowest BCUT2D eigenvalue weighted by Crippen LogP contribution is -2.45. The average Bonchev–Trinajstić information content (AvgIpc) is 1.98. The van der Waals surface area contributed by atoms with E-state index in [1.165, 1.54) is 0 Å². The highest BCUT2D eigenvalue weighted by Crippen LogP contribution is 2.27. The molecule has 1 N–H and O–H groups in total. The van der Waals surface area contributed by atoms with Gasteiger partial charge in [-0.25, -0.2) is 4.79 Å². The summed E-state index contributed by atoms with van der Waals surface area (Å²) in [5.74, 6) is -0.868. The Bertz CT molecular complexity index is 175. The number of hydrogen-bond acceptors (Lipinski definition) is 2. The maximum atomic E-state index is 11.0. The van der Waals surface area contributed by atoms with Crippen LogP contribution in [0.25, 0.3) is 0 Å². The molecule has 0 aromatic heterocycles. The highest BCUT2D eigenvalue weighted by Gasteiger charge is 2.39. The molecule has 0 unspecified atom stereocenters. The van der Waals surface area contributed by atoms with Gasteiger partial charge in [0.05, 0.1) is 5.60 Å². The van der Waals surface area contributed by atoms with Crippen LogP contribution in [0.1, 0.15) is 47.5 Å². The first kappa shape index (κ1) is 12.4. The van der Waals surface area contributed by atoms with Crippen molar-refractivity contribution in [3.05, 3.63) is 0 Å². The molecule has 0 aliphatic rings. The summed E-state index contributed by atoms with van der Waals surface area (Å²) in [7, 11) is 0. The second kappa shape index (κ2) is 4.09. The summed E-state index contributed by atoms with van der Waals surface area (Å²) in [5, 5.41) is 9.06. The van der Waals surface area contributed by atoms with Crippen molar-refractivity contribution in [2.75, 3.05) is 0 Å². The topological polar surface area (TPSA) is 46.5 Å². The highest BCUT2D eigenvalue weighted by molar-refractivity contribution is 5.77. The van der Waals surface area contributed by atoms with E-state index in [1.807, 2.05) is 34.6 Å². The van der Waals surface area contributed by atoms with Gasteiger partial charge in [0.2, 0.25) is 0 Å². The molecule has 0 aromatic rings. The predicted octanol–water partition coefficient (Wildman–Crippen LogP) is 2.44. The molecule has 0 spiro atoms. The molecule has 3 heteroatoms. The van der Waals surface area contributed by atoms with E-state index in [-0.39, 0.29) is 0 Å². The molecule has 0 bridgehead atoms. The molecule has 0 heterocycles. The Balaban J connectivity index is 4.69. The number of carboxylic acids is 1. The molecule has 0 radical (unpaired) electrons. The van der Waals surface area contributed by atoms with Crippen LogP contribution in [-0.4, -0.2) is 22.3 Å². The highest BCUT2D eigenvalue weighted by atomic mass is 16.5. The van der Waals surface area contributed by atoms with E-state index in [1.54, 1.807) is 0 Å². The molecule has 0 rings (SSSR count). The van der Waals surface area contributed by atoms with E-state index in [4.69, 9.17) is 9.84 Å². The number of carbonyl (C=O) groups is 1. The van der Waals surface area contributed by atoms with E-state index in [0.29, 0.717) is 12.8 Å². The van der Waals surface area contributed by atoms with Gasteiger partial charge in [0, 0.05) is 0 Å². The van der Waals surface area contributed by atoms with Crippen molar-refractivity contribution in [1.82, 2.24) is 0 Å². The fourth-order valence-corrected chi connectivity index (χ4v) is 1.33. The van der Waals surface area contributed by atoms with E-state index >= 15 is 0 Å². The van der Waals surface area contributed by atoms with Gasteiger partial charge in [0.1, 0.15) is 0 Å². The Morgan fingerprint density at radius 3 is 1.69 bits per heavy atom. The zero-order valence-corrected chi connectivity index (χ0v) is 9.18. The molecule has 0 aliphatic heterocycles. The summed E-state index contributed by atoms with van der Waals surface area (Å²) in [6.45, 7) is 9.29. The van der Waals surface area contributed by atoms with Crippen LogP contribution in [0.2, 0.25) is 0 Å². The number of carboxylic acid groups (broad SMARTS) is 1. The molecule has 0 saturated heterocycles. The normalized spacial score (nSPS) is 13.0. The Morgan fingerprint density at radius 2 is 1.62 bits per heavy atom. The zero-order valence-electron chi connectivity index (χ0n) is 9.18. The van der Waals surface area contributed by atoms with Gasteiger partial charge < -0.3 is 9.84 Å². The largest absolute Gasteiger partial charge is 0.479 e. The van der Waals surface area contributed by atoms with E-state index in [0.717, 1.165) is 0 Å². The molecule has 0 aromatic carbocycles. The van der Waals surface area contributed by atoms with Crippen molar-refractivity contribution < 1.29 is 14.6 Å². The molecular weight excluding hydrogens is 168 g/mol. The second-order valence-electron chi connectivity index (χ2n) is 4.22. The minimum atomic E-state index is -1.02. The summed E-state index contributed by atoms with van der Waals surface area (Å²) >= 11 is 0. The SMILES string of the molecule is CCC(CC)(OC(C)(C)C)C(=O)O. The number of ether oxygens (including phenoxy) is 1. The van der Waals surface area contributed by atoms with Crippen LogP contribution in [0, 0.1) is 0 Å². The van der Waals surface area contributed by atoms with Crippen LogP contribution < -0.4 is 0 Å². The van der Waals surface area contributed by atoms with E-state index < -0.39 is 17.2 Å². The number of hydrogen-bond donors (Lipinski definition) is 1. The minimum absolute atomic E-state index is 0.412. The van der Waals surface area contributed by atoms with Gasteiger partial charge in [-0.1, -0.05) is 13.8 Å². The molecule has 13 heavy (non-hydrogen) atoms. The Labute approximate surface area is 80.1 Å². The van der Waals surface area contributed by atoms with Gasteiger partial charge in [-0.3, -0.25) is 0 Å². The van der Waals surface area contributed by atoms with E-state index in [9.17, 15) is 4.79 Å². The molecule has 78 valence electrons. The van der Waals surface area contributed by atoms with Crippen molar-refractivity contribution >= 4 is 5.97 Å². The Hall–Kier alpha value is -0.570. The maximum Gasteiger partial charge on any atom is 0.335 e. The van der Waals surface area contributed by atoms with Crippen LogP contribution in [0.5, 0.6) is 0 Å². The number of aliphatic carboxylic acids is 1. The second-order valence-corrected chi connectivity index (χ2v) is 4.22. The van der Waals surface area contributed by atoms with Crippen molar-refractivity contribution in [3.8, 4) is 0 Å². The third-order valence-corrected chi connectivity index (χ3v) is 2.03. The molecule has 0 aliphatic carbocycles. The molecule has 0 atom stereocenters. The van der Waals surface area contributed by atoms with Gasteiger partial charge >= 0.3 is 5.97 Å². The Morgan fingerprint density at radius 1 is 1.23 bits per heavy atom. The van der Waals surface area contributed by atoms with Gasteiger partial charge in [-0.2, -0.15) is 0 Å². The van der Waals surface area contributed by atoms with Crippen molar-refractivity contribution in [1.29, 1.82) is 0 Å². The monoisotopic (exact) mass is 188 g/mol. The van der Waals surface area contributed by atoms with Crippen LogP contribution in [0.3, 0.4) is 0 Å². The number of rotatable bonds is 4. The first-order valence-electron chi connectivity index (χ1n) is 4.71. The van der Waals surface area contributed by atoms with Gasteiger partial charge in [-0.05, 0) is 33.6 Å². The van der Waals surface area contributed by atoms with Crippen molar-refractivity contribution in [2.24, 2.45) is 0 Å². The predicted molar refractivity (Wildman–Crippen MR) is 51.8 cm³/mol. The third-order valence-electron chi connectivity index (χ3n) is 2.03. The molecule has 0 saturated carbocycles. The van der Waals surface area contributed by atoms with E-state index in [2.05, 4.69) is 0 Å². The smallest absolute Gasteiger partial charge is 0.335 e. The fourth-order valence-electron chi connectivity index (χ4n) is 1.33. The maximum absolute atomic E-state index is 11.0. The Kier molecular flexibility index (Phi) is 3.91. The van der Waals surface area contributed by atoms with Gasteiger partial charge in [0.25, 0.3) is 0 Å². The first-order valence-corrected chi connectivity index (χ1v) is 4.71. The standard InChI is InChI=1S/C10H20O3/c1-6-10(7-2,8(11)12)13-9(3,4)5/h6-7H2,1-5H3,(H,11,12). The minimum Gasteiger partial charge on any atom is -0.479 e. The van der Waals surface area contributed by atoms with Crippen molar-refractivity contribution in [3.63, 3.8) is 0 Å². The summed E-state index contributed by atoms with van der Waals surface area (Å²) in [6.07, 6.45) is 0.992. The summed E-state index contributed by atoms with van der Waals surface area (Å²) in [4.78, 5) is 11.0. The lowest BCUT2D eigenvalue weighted by atomic mass is 9.96. The van der Waals surface area contributed by atoms with Crippen LogP contribution in [0.4, 0.5) is 0 Å². The first-order chi connectivity index (χ1) is 5.77. The third kappa shape index (κ3) is 3.35. The molecule has 3 nitrogen and oxygen atoms in total. The van der Waals surface area contributed by atoms with Gasteiger partial charge in [-0.15, -0.1) is 0 Å². The lowest BCUT2D eigenvalue weighted by molar-refractivity contribution is -0.186. The average molecular weight is 188 g/mol. The van der Waals surface area contributed by atoms with Gasteiger partial charge in [0.15, 0.2) is 5.60 Å². The van der Waals surface area contributed by atoms with Crippen molar-refractivity contribution in [2.45, 2.75) is 58.7 Å². The van der Waals surface area contributed by atoms with Crippen LogP contribution in [0.15, 0.2) is 0 Å². The quantitative estimate of drug-likeness (QED) is 0.737. The zero-order chi connectivity index (χ0) is 10.7. The molecule has 0 amide bonds. The molecular formula is C10H20O3. The summed E-state index contributed by atoms with van der Waals surface area (Å²) < 4.78 is 5.59. The fraction of sp³-hybridized carbons (Fsp3) is 0.900. The van der Waals surface area contributed by atoms with Crippen LogP contribution in [-0.2, 0) is 9.53 Å². The molecule has 0 fully saturated rings. The van der Waals surface area contributed by atoms with Crippen LogP contribution >= 0.6 is 0 Å².